The van der Waals surface area contributed by atoms with Gasteiger partial charge in [-0.25, -0.2) is 4.52 Å². The van der Waals surface area contributed by atoms with Crippen LogP contribution in [-0.2, 0) is 7.05 Å². The highest BCUT2D eigenvalue weighted by Gasteiger charge is 2.18. The first-order valence-electron chi connectivity index (χ1n) is 8.51. The normalized spacial score (nSPS) is 11.2. The molecule has 8 nitrogen and oxygen atoms in total. The lowest BCUT2D eigenvalue weighted by atomic mass is 10.1. The van der Waals surface area contributed by atoms with Gasteiger partial charge in [-0.15, -0.1) is 10.2 Å². The third-order valence-electron chi connectivity index (χ3n) is 4.40. The largest absolute Gasteiger partial charge is 0.494 e. The summed E-state index contributed by atoms with van der Waals surface area (Å²) in [5.41, 5.74) is 4.63. The molecule has 0 fully saturated rings. The number of hydrogen-bond acceptors (Lipinski definition) is 7. The van der Waals surface area contributed by atoms with Gasteiger partial charge in [0.1, 0.15) is 16.3 Å². The predicted octanol–water partition coefficient (Wildman–Crippen LogP) is 3.32. The summed E-state index contributed by atoms with van der Waals surface area (Å²) in [6.07, 6.45) is 11.0. The lowest BCUT2D eigenvalue weighted by Crippen LogP contribution is -1.94. The zero-order valence-corrected chi connectivity index (χ0v) is 16.0. The van der Waals surface area contributed by atoms with Crippen molar-refractivity contribution in [1.29, 1.82) is 0 Å². The van der Waals surface area contributed by atoms with Gasteiger partial charge < -0.3 is 4.74 Å². The number of hydrogen-bond donors (Lipinski definition) is 0. The van der Waals surface area contributed by atoms with Crippen molar-refractivity contribution >= 4 is 16.9 Å². The molecule has 0 unspecified atom stereocenters. The van der Waals surface area contributed by atoms with Gasteiger partial charge in [0.25, 0.3) is 0 Å². The molecule has 0 bridgehead atoms. The number of ether oxygens (including phenoxy) is 1. The highest BCUT2D eigenvalue weighted by molar-refractivity contribution is 7.18. The summed E-state index contributed by atoms with van der Waals surface area (Å²) in [5, 5.41) is 19.0. The Morgan fingerprint density at radius 3 is 2.61 bits per heavy atom. The molecule has 5 aromatic rings. The van der Waals surface area contributed by atoms with Crippen molar-refractivity contribution in [2.24, 2.45) is 7.05 Å². The fourth-order valence-corrected chi connectivity index (χ4v) is 3.91. The van der Waals surface area contributed by atoms with Gasteiger partial charge in [0, 0.05) is 48.5 Å². The Morgan fingerprint density at radius 1 is 0.964 bits per heavy atom. The summed E-state index contributed by atoms with van der Waals surface area (Å²) >= 11 is 1.50. The first-order chi connectivity index (χ1) is 13.7. The van der Waals surface area contributed by atoms with Crippen LogP contribution in [0.25, 0.3) is 37.8 Å². The summed E-state index contributed by atoms with van der Waals surface area (Å²) in [4.78, 5) is 4.15. The van der Waals surface area contributed by atoms with Gasteiger partial charge in [-0.1, -0.05) is 11.3 Å². The fraction of sp³-hybridized carbons (Fsp3) is 0.105. The van der Waals surface area contributed by atoms with E-state index in [-0.39, 0.29) is 0 Å². The average molecular weight is 389 g/mol. The number of pyridine rings is 2. The van der Waals surface area contributed by atoms with Gasteiger partial charge in [0.2, 0.25) is 0 Å². The molecule has 0 spiro atoms. The van der Waals surface area contributed by atoms with E-state index in [9.17, 15) is 0 Å². The maximum absolute atomic E-state index is 5.67. The van der Waals surface area contributed by atoms with Crippen molar-refractivity contribution in [3.8, 4) is 38.0 Å². The molecule has 0 aliphatic heterocycles. The minimum atomic E-state index is 0.715. The molecule has 5 aromatic heterocycles. The Morgan fingerprint density at radius 2 is 1.86 bits per heavy atom. The molecule has 0 aromatic carbocycles. The van der Waals surface area contributed by atoms with Gasteiger partial charge >= 0.3 is 0 Å². The number of fused-ring (bicyclic) bond motifs is 1. The first-order valence-corrected chi connectivity index (χ1v) is 9.33. The number of aryl methyl sites for hydroxylation is 1. The van der Waals surface area contributed by atoms with E-state index in [0.29, 0.717) is 5.75 Å². The van der Waals surface area contributed by atoms with Gasteiger partial charge in [-0.3, -0.25) is 9.67 Å². The number of methoxy groups -OCH3 is 1. The minimum Gasteiger partial charge on any atom is -0.494 e. The highest BCUT2D eigenvalue weighted by atomic mass is 32.1. The van der Waals surface area contributed by atoms with Crippen LogP contribution in [0.3, 0.4) is 0 Å². The molecule has 0 N–H and O–H groups in total. The summed E-state index contributed by atoms with van der Waals surface area (Å²) in [5.74, 6) is 0.715. The van der Waals surface area contributed by atoms with E-state index in [4.69, 9.17) is 4.74 Å². The van der Waals surface area contributed by atoms with Gasteiger partial charge in [-0.05, 0) is 18.2 Å². The molecule has 0 aliphatic carbocycles. The molecule has 9 heteroatoms. The van der Waals surface area contributed by atoms with Crippen LogP contribution in [0.1, 0.15) is 0 Å². The minimum absolute atomic E-state index is 0.715. The SMILES string of the molecule is COc1cc(-c2cnn(C)c2)cn2ncc(-c3nnc(-c4cccnc4)s3)c12. The Bertz CT molecular complexity index is 1270. The van der Waals surface area contributed by atoms with Crippen LogP contribution in [0.2, 0.25) is 0 Å². The van der Waals surface area contributed by atoms with Crippen LogP contribution in [0.15, 0.2) is 55.4 Å². The van der Waals surface area contributed by atoms with E-state index in [0.717, 1.165) is 37.8 Å². The first kappa shape index (κ1) is 16.6. The van der Waals surface area contributed by atoms with E-state index in [2.05, 4.69) is 25.4 Å². The lowest BCUT2D eigenvalue weighted by molar-refractivity contribution is 0.418. The third-order valence-corrected chi connectivity index (χ3v) is 5.40. The van der Waals surface area contributed by atoms with E-state index >= 15 is 0 Å². The molecule has 5 heterocycles. The van der Waals surface area contributed by atoms with E-state index in [1.165, 1.54) is 11.3 Å². The second-order valence-electron chi connectivity index (χ2n) is 6.21. The molecule has 0 radical (unpaired) electrons. The Labute approximate surface area is 164 Å². The van der Waals surface area contributed by atoms with E-state index in [1.807, 2.05) is 48.4 Å². The van der Waals surface area contributed by atoms with Crippen molar-refractivity contribution in [3.05, 3.63) is 55.4 Å². The quantitative estimate of drug-likeness (QED) is 0.469. The average Bonchev–Trinajstić information content (AvgIpc) is 3.46. The smallest absolute Gasteiger partial charge is 0.152 e. The van der Waals surface area contributed by atoms with E-state index < -0.39 is 0 Å². The molecule has 0 saturated carbocycles. The van der Waals surface area contributed by atoms with Crippen molar-refractivity contribution in [2.75, 3.05) is 7.11 Å². The van der Waals surface area contributed by atoms with Crippen molar-refractivity contribution < 1.29 is 4.74 Å². The molecular weight excluding hydrogens is 374 g/mol. The van der Waals surface area contributed by atoms with Crippen LogP contribution in [0.4, 0.5) is 0 Å². The van der Waals surface area contributed by atoms with Gasteiger partial charge in [-0.2, -0.15) is 10.2 Å². The lowest BCUT2D eigenvalue weighted by Gasteiger charge is -2.07. The third kappa shape index (κ3) is 2.72. The Kier molecular flexibility index (Phi) is 3.87. The maximum Gasteiger partial charge on any atom is 0.152 e. The topological polar surface area (TPSA) is 83.0 Å². The number of nitrogens with zero attached hydrogens (tertiary/aromatic N) is 7. The second kappa shape index (κ2) is 6.54. The molecule has 0 amide bonds. The molecule has 28 heavy (non-hydrogen) atoms. The van der Waals surface area contributed by atoms with E-state index in [1.54, 1.807) is 30.4 Å². The number of aromatic nitrogens is 7. The zero-order chi connectivity index (χ0) is 19.1. The molecule has 0 saturated heterocycles. The Hall–Kier alpha value is -3.59. The monoisotopic (exact) mass is 389 g/mol. The second-order valence-corrected chi connectivity index (χ2v) is 7.18. The molecule has 0 atom stereocenters. The Balaban J connectivity index is 1.62. The molecule has 0 aliphatic rings. The standard InChI is InChI=1S/C19H15N7OS/c1-25-10-14(8-21-25)13-6-16(27-2)17-15(9-22-26(17)11-13)19-24-23-18(28-19)12-4-3-5-20-7-12/h3-11H,1-2H3. The van der Waals surface area contributed by atoms with Crippen molar-refractivity contribution in [3.63, 3.8) is 0 Å². The van der Waals surface area contributed by atoms with Crippen LogP contribution < -0.4 is 4.74 Å². The highest BCUT2D eigenvalue weighted by Crippen LogP contribution is 2.37. The number of rotatable bonds is 4. The van der Waals surface area contributed by atoms with Gasteiger partial charge in [0.05, 0.1) is 25.1 Å². The molecular formula is C19H15N7OS. The van der Waals surface area contributed by atoms with Crippen molar-refractivity contribution in [1.82, 2.24) is 34.6 Å². The van der Waals surface area contributed by atoms with Crippen molar-refractivity contribution in [2.45, 2.75) is 0 Å². The van der Waals surface area contributed by atoms with Crippen LogP contribution >= 0.6 is 11.3 Å². The van der Waals surface area contributed by atoms with Crippen LogP contribution in [0, 0.1) is 0 Å². The fourth-order valence-electron chi connectivity index (χ4n) is 3.06. The molecule has 138 valence electrons. The van der Waals surface area contributed by atoms with Crippen LogP contribution in [-0.4, -0.2) is 41.7 Å². The predicted molar refractivity (Wildman–Crippen MR) is 106 cm³/mol. The maximum atomic E-state index is 5.67. The van der Waals surface area contributed by atoms with Crippen LogP contribution in [0.5, 0.6) is 5.75 Å². The molecule has 5 rings (SSSR count). The van der Waals surface area contributed by atoms with Gasteiger partial charge in [0.15, 0.2) is 5.01 Å². The zero-order valence-electron chi connectivity index (χ0n) is 15.1. The summed E-state index contributed by atoms with van der Waals surface area (Å²) in [6.45, 7) is 0. The summed E-state index contributed by atoms with van der Waals surface area (Å²) in [6, 6.07) is 5.84. The summed E-state index contributed by atoms with van der Waals surface area (Å²) in [7, 11) is 3.54. The summed E-state index contributed by atoms with van der Waals surface area (Å²) < 4.78 is 9.24.